The quantitative estimate of drug-likeness (QED) is 0.765. The molecule has 0 aliphatic carbocycles. The topological polar surface area (TPSA) is 12.0 Å². The van der Waals surface area contributed by atoms with E-state index in [1.807, 2.05) is 11.8 Å². The Balaban J connectivity index is 2.04. The minimum atomic E-state index is -4.09. The van der Waals surface area contributed by atoms with E-state index in [2.05, 4.69) is 12.2 Å². The molecule has 1 nitrogen and oxygen atoms in total. The molecule has 0 radical (unpaired) electrons. The van der Waals surface area contributed by atoms with E-state index in [1.165, 1.54) is 0 Å². The number of thioether (sulfide) groups is 2. The number of hydrogen-bond acceptors (Lipinski definition) is 3. The second kappa shape index (κ2) is 5.51. The predicted molar refractivity (Wildman–Crippen MR) is 56.8 cm³/mol. The van der Waals surface area contributed by atoms with E-state index >= 15 is 0 Å². The van der Waals surface area contributed by atoms with Gasteiger partial charge in [-0.25, -0.2) is 0 Å². The molecule has 2 atom stereocenters. The molecule has 0 bridgehead atoms. The van der Waals surface area contributed by atoms with Crippen LogP contribution < -0.4 is 5.32 Å². The van der Waals surface area contributed by atoms with Crippen molar-refractivity contribution in [2.75, 3.05) is 18.1 Å². The molecule has 1 rings (SSSR count). The summed E-state index contributed by atoms with van der Waals surface area (Å²) in [6.45, 7) is 2.56. The normalized spacial score (nSPS) is 28.3. The summed E-state index contributed by atoms with van der Waals surface area (Å²) in [7, 11) is 0. The Hall–Kier alpha value is 0.450. The highest BCUT2D eigenvalue weighted by atomic mass is 32.2. The Kier molecular flexibility index (Phi) is 4.93. The summed E-state index contributed by atoms with van der Waals surface area (Å²) in [6, 6.07) is 0.397. The van der Waals surface area contributed by atoms with Crippen molar-refractivity contribution in [2.45, 2.75) is 30.1 Å². The van der Waals surface area contributed by atoms with Crippen LogP contribution in [0.25, 0.3) is 0 Å². The van der Waals surface area contributed by atoms with Crippen LogP contribution in [0.5, 0.6) is 0 Å². The average molecular weight is 245 g/mol. The van der Waals surface area contributed by atoms with E-state index in [1.54, 1.807) is 0 Å². The molecule has 2 unspecified atom stereocenters. The van der Waals surface area contributed by atoms with E-state index in [0.29, 0.717) is 17.8 Å². The SMILES string of the molecule is CC1SCCC1NCCSC(F)(F)F. The lowest BCUT2D eigenvalue weighted by molar-refractivity contribution is -0.0327. The first kappa shape index (κ1) is 12.5. The van der Waals surface area contributed by atoms with Crippen LogP contribution in [0.15, 0.2) is 0 Å². The largest absolute Gasteiger partial charge is 0.441 e. The van der Waals surface area contributed by atoms with Crippen LogP contribution in [0, 0.1) is 0 Å². The summed E-state index contributed by atoms with van der Waals surface area (Å²) in [5.41, 5.74) is -4.09. The maximum absolute atomic E-state index is 11.8. The molecule has 0 aromatic carbocycles. The van der Waals surface area contributed by atoms with E-state index < -0.39 is 5.51 Å². The molecule has 1 N–H and O–H groups in total. The molecule has 0 aromatic heterocycles. The molecule has 0 spiro atoms. The number of nitrogens with one attached hydrogen (secondary N) is 1. The lowest BCUT2D eigenvalue weighted by atomic mass is 10.2. The highest BCUT2D eigenvalue weighted by Gasteiger charge is 2.28. The molecule has 6 heteroatoms. The van der Waals surface area contributed by atoms with Crippen molar-refractivity contribution in [1.29, 1.82) is 0 Å². The van der Waals surface area contributed by atoms with Gasteiger partial charge in [-0.05, 0) is 23.9 Å². The van der Waals surface area contributed by atoms with Crippen LogP contribution in [0.2, 0.25) is 0 Å². The fraction of sp³-hybridized carbons (Fsp3) is 1.00. The Morgan fingerprint density at radius 3 is 2.71 bits per heavy atom. The Morgan fingerprint density at radius 1 is 1.50 bits per heavy atom. The van der Waals surface area contributed by atoms with Gasteiger partial charge in [0.25, 0.3) is 0 Å². The standard InChI is InChI=1S/C8H14F3NS2/c1-6-7(2-4-13-6)12-3-5-14-8(9,10)11/h6-7,12H,2-5H2,1H3. The van der Waals surface area contributed by atoms with Gasteiger partial charge < -0.3 is 5.32 Å². The van der Waals surface area contributed by atoms with E-state index in [-0.39, 0.29) is 17.5 Å². The fourth-order valence-corrected chi connectivity index (χ4v) is 3.09. The summed E-state index contributed by atoms with van der Waals surface area (Å²) in [5.74, 6) is 1.22. The molecule has 14 heavy (non-hydrogen) atoms. The molecule has 1 aliphatic heterocycles. The highest BCUT2D eigenvalue weighted by molar-refractivity contribution is 8.00. The Bertz CT molecular complexity index is 174. The molecule has 84 valence electrons. The zero-order valence-electron chi connectivity index (χ0n) is 7.93. The maximum atomic E-state index is 11.8. The van der Waals surface area contributed by atoms with Crippen molar-refractivity contribution in [2.24, 2.45) is 0 Å². The van der Waals surface area contributed by atoms with Gasteiger partial charge in [0.2, 0.25) is 0 Å². The second-order valence-corrected chi connectivity index (χ2v) is 5.86. The minimum absolute atomic E-state index is 0.0489. The van der Waals surface area contributed by atoms with Crippen molar-refractivity contribution in [3.8, 4) is 0 Å². The first-order chi connectivity index (χ1) is 6.49. The van der Waals surface area contributed by atoms with Crippen LogP contribution in [0.3, 0.4) is 0 Å². The van der Waals surface area contributed by atoms with Crippen molar-refractivity contribution in [3.05, 3.63) is 0 Å². The summed E-state index contributed by atoms with van der Waals surface area (Å²) >= 11 is 1.93. The van der Waals surface area contributed by atoms with Gasteiger partial charge in [-0.3, -0.25) is 0 Å². The average Bonchev–Trinajstić information content (AvgIpc) is 2.44. The minimum Gasteiger partial charge on any atom is -0.312 e. The molecule has 0 amide bonds. The lowest BCUT2D eigenvalue weighted by Crippen LogP contribution is -2.35. The monoisotopic (exact) mass is 245 g/mol. The first-order valence-corrected chi connectivity index (χ1v) is 6.58. The third-order valence-corrected chi connectivity index (χ3v) is 4.21. The molecular formula is C8H14F3NS2. The van der Waals surface area contributed by atoms with Gasteiger partial charge >= 0.3 is 5.51 Å². The van der Waals surface area contributed by atoms with Crippen LogP contribution in [0.1, 0.15) is 13.3 Å². The number of hydrogen-bond donors (Lipinski definition) is 1. The van der Waals surface area contributed by atoms with Crippen molar-refractivity contribution in [1.82, 2.24) is 5.32 Å². The van der Waals surface area contributed by atoms with Crippen molar-refractivity contribution < 1.29 is 13.2 Å². The Morgan fingerprint density at radius 2 is 2.21 bits per heavy atom. The van der Waals surface area contributed by atoms with Crippen LogP contribution in [-0.4, -0.2) is 34.9 Å². The van der Waals surface area contributed by atoms with E-state index in [4.69, 9.17) is 0 Å². The molecule has 1 heterocycles. The predicted octanol–water partition coefficient (Wildman–Crippen LogP) is 2.72. The van der Waals surface area contributed by atoms with E-state index in [0.717, 1.165) is 12.2 Å². The second-order valence-electron chi connectivity index (χ2n) is 3.22. The molecule has 0 aromatic rings. The number of rotatable bonds is 4. The van der Waals surface area contributed by atoms with Gasteiger partial charge in [0.05, 0.1) is 0 Å². The maximum Gasteiger partial charge on any atom is 0.441 e. The third-order valence-electron chi connectivity index (χ3n) is 2.15. The van der Waals surface area contributed by atoms with Crippen molar-refractivity contribution in [3.63, 3.8) is 0 Å². The fourth-order valence-electron chi connectivity index (χ4n) is 1.41. The molecule has 1 fully saturated rings. The van der Waals surface area contributed by atoms with Gasteiger partial charge in [0, 0.05) is 23.6 Å². The third kappa shape index (κ3) is 4.79. The molecule has 1 aliphatic rings. The number of halogens is 3. The summed E-state index contributed by atoms with van der Waals surface area (Å²) < 4.78 is 35.3. The first-order valence-electron chi connectivity index (χ1n) is 4.55. The van der Waals surface area contributed by atoms with Gasteiger partial charge in [-0.15, -0.1) is 0 Å². The van der Waals surface area contributed by atoms with Crippen molar-refractivity contribution >= 4 is 23.5 Å². The van der Waals surface area contributed by atoms with Crippen LogP contribution >= 0.6 is 23.5 Å². The number of alkyl halides is 3. The zero-order chi connectivity index (χ0) is 10.6. The molecule has 0 saturated carbocycles. The summed E-state index contributed by atoms with van der Waals surface area (Å²) in [5, 5.41) is 3.70. The van der Waals surface area contributed by atoms with Gasteiger partial charge in [0.15, 0.2) is 0 Å². The molecular weight excluding hydrogens is 231 g/mol. The summed E-state index contributed by atoms with van der Waals surface area (Å²) in [4.78, 5) is 0. The van der Waals surface area contributed by atoms with E-state index in [9.17, 15) is 13.2 Å². The lowest BCUT2D eigenvalue weighted by Gasteiger charge is -2.16. The molecule has 1 saturated heterocycles. The van der Waals surface area contributed by atoms with Gasteiger partial charge in [0.1, 0.15) is 0 Å². The van der Waals surface area contributed by atoms with Crippen LogP contribution in [-0.2, 0) is 0 Å². The summed E-state index contributed by atoms with van der Waals surface area (Å²) in [6.07, 6.45) is 1.07. The van der Waals surface area contributed by atoms with Gasteiger partial charge in [-0.1, -0.05) is 6.92 Å². The van der Waals surface area contributed by atoms with Gasteiger partial charge in [-0.2, -0.15) is 24.9 Å². The zero-order valence-corrected chi connectivity index (χ0v) is 9.57. The smallest absolute Gasteiger partial charge is 0.312 e. The Labute approximate surface area is 90.6 Å². The van der Waals surface area contributed by atoms with Crippen LogP contribution in [0.4, 0.5) is 13.2 Å². The highest BCUT2D eigenvalue weighted by Crippen LogP contribution is 2.30.